The topological polar surface area (TPSA) is 71.1 Å². The lowest BCUT2D eigenvalue weighted by Crippen LogP contribution is -2.50. The summed E-state index contributed by atoms with van der Waals surface area (Å²) in [4.78, 5) is 23.5. The standard InChI is InChI=1S/C12H20O6/c1-7(2)17-11(13)9-10(16-6-5-15-9)12(14)18-8(3)4/h7-10H,5-6H2,1-4H3. The van der Waals surface area contributed by atoms with E-state index in [4.69, 9.17) is 18.9 Å². The summed E-state index contributed by atoms with van der Waals surface area (Å²) in [5.41, 5.74) is 0. The van der Waals surface area contributed by atoms with Crippen LogP contribution >= 0.6 is 0 Å². The van der Waals surface area contributed by atoms with Crippen molar-refractivity contribution in [2.75, 3.05) is 13.2 Å². The molecule has 2 atom stereocenters. The Balaban J connectivity index is 2.67. The van der Waals surface area contributed by atoms with Crippen LogP contribution in [0.2, 0.25) is 0 Å². The first-order valence-corrected chi connectivity index (χ1v) is 6.06. The quantitative estimate of drug-likeness (QED) is 0.692. The van der Waals surface area contributed by atoms with Crippen molar-refractivity contribution in [3.05, 3.63) is 0 Å². The summed E-state index contributed by atoms with van der Waals surface area (Å²) >= 11 is 0. The van der Waals surface area contributed by atoms with Crippen molar-refractivity contribution in [1.29, 1.82) is 0 Å². The molecule has 0 N–H and O–H groups in total. The average molecular weight is 260 g/mol. The van der Waals surface area contributed by atoms with E-state index in [2.05, 4.69) is 0 Å². The van der Waals surface area contributed by atoms with E-state index in [1.165, 1.54) is 0 Å². The van der Waals surface area contributed by atoms with Crippen molar-refractivity contribution in [2.45, 2.75) is 52.1 Å². The molecule has 0 aromatic rings. The molecule has 0 spiro atoms. The van der Waals surface area contributed by atoms with Crippen LogP contribution in [0.5, 0.6) is 0 Å². The van der Waals surface area contributed by atoms with Gasteiger partial charge in [0.05, 0.1) is 25.4 Å². The minimum Gasteiger partial charge on any atom is -0.461 e. The van der Waals surface area contributed by atoms with Crippen molar-refractivity contribution in [1.82, 2.24) is 0 Å². The molecule has 0 aliphatic carbocycles. The zero-order chi connectivity index (χ0) is 13.7. The van der Waals surface area contributed by atoms with Gasteiger partial charge in [0.1, 0.15) is 0 Å². The van der Waals surface area contributed by atoms with Gasteiger partial charge in [-0.1, -0.05) is 0 Å². The maximum atomic E-state index is 11.8. The fourth-order valence-electron chi connectivity index (χ4n) is 1.51. The largest absolute Gasteiger partial charge is 0.461 e. The Morgan fingerprint density at radius 1 is 0.889 bits per heavy atom. The Morgan fingerprint density at radius 3 is 1.50 bits per heavy atom. The van der Waals surface area contributed by atoms with E-state index in [-0.39, 0.29) is 25.4 Å². The maximum absolute atomic E-state index is 11.8. The van der Waals surface area contributed by atoms with E-state index >= 15 is 0 Å². The highest BCUT2D eigenvalue weighted by Gasteiger charge is 2.41. The fourth-order valence-corrected chi connectivity index (χ4v) is 1.51. The second-order valence-corrected chi connectivity index (χ2v) is 4.55. The van der Waals surface area contributed by atoms with Crippen LogP contribution in [-0.4, -0.2) is 49.6 Å². The molecule has 0 saturated carbocycles. The fraction of sp³-hybridized carbons (Fsp3) is 0.833. The van der Waals surface area contributed by atoms with Crippen molar-refractivity contribution < 1.29 is 28.5 Å². The van der Waals surface area contributed by atoms with Gasteiger partial charge < -0.3 is 18.9 Å². The van der Waals surface area contributed by atoms with E-state index in [1.807, 2.05) is 0 Å². The molecule has 1 saturated heterocycles. The lowest BCUT2D eigenvalue weighted by molar-refractivity contribution is -0.203. The summed E-state index contributed by atoms with van der Waals surface area (Å²) in [7, 11) is 0. The van der Waals surface area contributed by atoms with Gasteiger partial charge in [-0.2, -0.15) is 0 Å². The highest BCUT2D eigenvalue weighted by molar-refractivity contribution is 5.86. The van der Waals surface area contributed by atoms with Crippen molar-refractivity contribution in [2.24, 2.45) is 0 Å². The third-order valence-corrected chi connectivity index (χ3v) is 2.12. The molecule has 0 amide bonds. The van der Waals surface area contributed by atoms with Crippen LogP contribution in [-0.2, 0) is 28.5 Å². The SMILES string of the molecule is CC(C)OC(=O)C1OCCOC1C(=O)OC(C)C. The van der Waals surface area contributed by atoms with Gasteiger partial charge in [-0.25, -0.2) is 9.59 Å². The molecular formula is C12H20O6. The summed E-state index contributed by atoms with van der Waals surface area (Å²) in [6.07, 6.45) is -2.64. The first kappa shape index (κ1) is 14.9. The summed E-state index contributed by atoms with van der Waals surface area (Å²) in [6.45, 7) is 7.41. The van der Waals surface area contributed by atoms with E-state index in [0.29, 0.717) is 0 Å². The maximum Gasteiger partial charge on any atom is 0.338 e. The van der Waals surface area contributed by atoms with E-state index in [1.54, 1.807) is 27.7 Å². The van der Waals surface area contributed by atoms with E-state index in [0.717, 1.165) is 0 Å². The van der Waals surface area contributed by atoms with Crippen LogP contribution in [0.25, 0.3) is 0 Å². The Kier molecular flexibility index (Phi) is 5.55. The van der Waals surface area contributed by atoms with Crippen molar-refractivity contribution >= 4 is 11.9 Å². The Bertz CT molecular complexity index is 269. The number of carbonyl (C=O) groups is 2. The number of ether oxygens (including phenoxy) is 4. The summed E-state index contributed by atoms with van der Waals surface area (Å²) in [6, 6.07) is 0. The van der Waals surface area contributed by atoms with Crippen molar-refractivity contribution in [3.63, 3.8) is 0 Å². The molecule has 0 aromatic heterocycles. The normalized spacial score (nSPS) is 24.1. The smallest absolute Gasteiger partial charge is 0.338 e. The molecular weight excluding hydrogens is 240 g/mol. The highest BCUT2D eigenvalue weighted by atomic mass is 16.6. The van der Waals surface area contributed by atoms with Crippen LogP contribution in [0, 0.1) is 0 Å². The van der Waals surface area contributed by atoms with Gasteiger partial charge in [-0.3, -0.25) is 0 Å². The van der Waals surface area contributed by atoms with Gasteiger partial charge in [0.2, 0.25) is 0 Å². The summed E-state index contributed by atoms with van der Waals surface area (Å²) in [5, 5.41) is 0. The molecule has 0 radical (unpaired) electrons. The first-order chi connectivity index (χ1) is 8.41. The molecule has 18 heavy (non-hydrogen) atoms. The third-order valence-electron chi connectivity index (χ3n) is 2.12. The molecule has 0 aromatic carbocycles. The summed E-state index contributed by atoms with van der Waals surface area (Å²) in [5.74, 6) is -1.20. The molecule has 1 aliphatic heterocycles. The van der Waals surface area contributed by atoms with Crippen LogP contribution in [0.15, 0.2) is 0 Å². The van der Waals surface area contributed by atoms with Gasteiger partial charge in [0, 0.05) is 0 Å². The Morgan fingerprint density at radius 2 is 1.22 bits per heavy atom. The molecule has 2 unspecified atom stereocenters. The number of hydrogen-bond acceptors (Lipinski definition) is 6. The minimum absolute atomic E-state index is 0.253. The monoisotopic (exact) mass is 260 g/mol. The van der Waals surface area contributed by atoms with Gasteiger partial charge >= 0.3 is 11.9 Å². The Labute approximate surface area is 107 Å². The first-order valence-electron chi connectivity index (χ1n) is 6.06. The molecule has 1 aliphatic rings. The number of carbonyl (C=O) groups excluding carboxylic acids is 2. The predicted octanol–water partition coefficient (Wildman–Crippen LogP) is 0.674. The lowest BCUT2D eigenvalue weighted by atomic mass is 10.2. The molecule has 6 nitrogen and oxygen atoms in total. The third kappa shape index (κ3) is 4.27. The van der Waals surface area contributed by atoms with Crippen molar-refractivity contribution in [3.8, 4) is 0 Å². The molecule has 6 heteroatoms. The van der Waals surface area contributed by atoms with Crippen LogP contribution in [0.4, 0.5) is 0 Å². The van der Waals surface area contributed by atoms with Gasteiger partial charge in [0.25, 0.3) is 0 Å². The zero-order valence-corrected chi connectivity index (χ0v) is 11.2. The van der Waals surface area contributed by atoms with Crippen LogP contribution < -0.4 is 0 Å². The highest BCUT2D eigenvalue weighted by Crippen LogP contribution is 2.15. The minimum atomic E-state index is -1.05. The summed E-state index contributed by atoms with van der Waals surface area (Å²) < 4.78 is 20.6. The average Bonchev–Trinajstić information content (AvgIpc) is 2.27. The Hall–Kier alpha value is -1.14. The number of rotatable bonds is 4. The van der Waals surface area contributed by atoms with Crippen LogP contribution in [0.1, 0.15) is 27.7 Å². The van der Waals surface area contributed by atoms with Gasteiger partial charge in [0.15, 0.2) is 12.2 Å². The van der Waals surface area contributed by atoms with Crippen LogP contribution in [0.3, 0.4) is 0 Å². The molecule has 104 valence electrons. The van der Waals surface area contributed by atoms with Gasteiger partial charge in [-0.15, -0.1) is 0 Å². The second-order valence-electron chi connectivity index (χ2n) is 4.55. The second kappa shape index (κ2) is 6.70. The van der Waals surface area contributed by atoms with E-state index in [9.17, 15) is 9.59 Å². The zero-order valence-electron chi connectivity index (χ0n) is 11.2. The molecule has 0 bridgehead atoms. The van der Waals surface area contributed by atoms with Gasteiger partial charge in [-0.05, 0) is 27.7 Å². The molecule has 1 fully saturated rings. The van der Waals surface area contributed by atoms with E-state index < -0.39 is 24.1 Å². The number of hydrogen-bond donors (Lipinski definition) is 0. The lowest BCUT2D eigenvalue weighted by Gasteiger charge is -2.29. The molecule has 1 heterocycles. The predicted molar refractivity (Wildman–Crippen MR) is 61.9 cm³/mol. The number of esters is 2. The molecule has 1 rings (SSSR count).